The quantitative estimate of drug-likeness (QED) is 0.433. The molecule has 2 rings (SSSR count). The number of carbonyl (C=O) groups is 2. The standard InChI is InChI=1S/C21H21N3O4/c1-4-28-21(26)15-6-8-17(9-7-15)23-13-16(12-22)20(25)24-18-11-14(2)5-10-19(18)27-3/h5-11,13,23H,4H2,1-3H3,(H,24,25)/b16-13-. The van der Waals surface area contributed by atoms with Gasteiger partial charge in [0.1, 0.15) is 17.4 Å². The van der Waals surface area contributed by atoms with Crippen LogP contribution in [0, 0.1) is 18.3 Å². The van der Waals surface area contributed by atoms with Crippen molar-refractivity contribution in [1.29, 1.82) is 5.26 Å². The van der Waals surface area contributed by atoms with Gasteiger partial charge in [0.05, 0.1) is 25.0 Å². The van der Waals surface area contributed by atoms with Crippen LogP contribution in [0.25, 0.3) is 0 Å². The molecule has 0 aliphatic heterocycles. The Balaban J connectivity index is 2.09. The minimum absolute atomic E-state index is 0.113. The Morgan fingerprint density at radius 3 is 2.50 bits per heavy atom. The number of methoxy groups -OCH3 is 1. The predicted molar refractivity (Wildman–Crippen MR) is 106 cm³/mol. The van der Waals surface area contributed by atoms with Crippen molar-refractivity contribution in [3.63, 3.8) is 0 Å². The monoisotopic (exact) mass is 379 g/mol. The number of hydrogen-bond acceptors (Lipinski definition) is 6. The molecule has 0 bridgehead atoms. The van der Waals surface area contributed by atoms with E-state index >= 15 is 0 Å². The zero-order chi connectivity index (χ0) is 20.5. The first kappa shape index (κ1) is 20.5. The van der Waals surface area contributed by atoms with Crippen molar-refractivity contribution in [2.24, 2.45) is 0 Å². The van der Waals surface area contributed by atoms with Crippen LogP contribution in [0.1, 0.15) is 22.8 Å². The van der Waals surface area contributed by atoms with Gasteiger partial charge in [0.2, 0.25) is 0 Å². The summed E-state index contributed by atoms with van der Waals surface area (Å²) in [7, 11) is 1.50. The summed E-state index contributed by atoms with van der Waals surface area (Å²) in [5.74, 6) is -0.477. The van der Waals surface area contributed by atoms with Gasteiger partial charge in [-0.3, -0.25) is 4.79 Å². The Hall–Kier alpha value is -3.79. The third-order valence-corrected chi connectivity index (χ3v) is 3.75. The molecule has 1 amide bonds. The molecular weight excluding hydrogens is 358 g/mol. The molecule has 0 spiro atoms. The average Bonchev–Trinajstić information content (AvgIpc) is 2.69. The van der Waals surface area contributed by atoms with Crippen LogP contribution in [0.5, 0.6) is 5.75 Å². The summed E-state index contributed by atoms with van der Waals surface area (Å²) in [6.07, 6.45) is 1.30. The van der Waals surface area contributed by atoms with Crippen molar-refractivity contribution in [1.82, 2.24) is 0 Å². The Morgan fingerprint density at radius 2 is 1.89 bits per heavy atom. The highest BCUT2D eigenvalue weighted by atomic mass is 16.5. The fourth-order valence-electron chi connectivity index (χ4n) is 2.33. The lowest BCUT2D eigenvalue weighted by Gasteiger charge is -2.11. The van der Waals surface area contributed by atoms with Crippen molar-refractivity contribution in [3.05, 3.63) is 65.4 Å². The van der Waals surface area contributed by atoms with Gasteiger partial charge in [-0.05, 0) is 55.8 Å². The van der Waals surface area contributed by atoms with Crippen LogP contribution in [0.15, 0.2) is 54.2 Å². The summed E-state index contributed by atoms with van der Waals surface area (Å²) in [6, 6.07) is 13.7. The fourth-order valence-corrected chi connectivity index (χ4v) is 2.33. The predicted octanol–water partition coefficient (Wildman–Crippen LogP) is 3.64. The molecule has 0 heterocycles. The number of nitriles is 1. The number of ether oxygens (including phenoxy) is 2. The third kappa shape index (κ3) is 5.35. The molecule has 0 unspecified atom stereocenters. The van der Waals surface area contributed by atoms with Gasteiger partial charge in [-0.25, -0.2) is 4.79 Å². The number of benzene rings is 2. The minimum Gasteiger partial charge on any atom is -0.495 e. The Kier molecular flexibility index (Phi) is 7.17. The molecule has 0 saturated carbocycles. The first-order chi connectivity index (χ1) is 13.5. The summed E-state index contributed by atoms with van der Waals surface area (Å²) in [5, 5.41) is 14.8. The van der Waals surface area contributed by atoms with E-state index in [2.05, 4.69) is 10.6 Å². The molecule has 0 aliphatic carbocycles. The largest absolute Gasteiger partial charge is 0.495 e. The van der Waals surface area contributed by atoms with Gasteiger partial charge in [-0.15, -0.1) is 0 Å². The van der Waals surface area contributed by atoms with Crippen LogP contribution in [0.4, 0.5) is 11.4 Å². The van der Waals surface area contributed by atoms with E-state index in [9.17, 15) is 14.9 Å². The van der Waals surface area contributed by atoms with Crippen LogP contribution in [0.3, 0.4) is 0 Å². The topological polar surface area (TPSA) is 100 Å². The van der Waals surface area contributed by atoms with Crippen LogP contribution in [0.2, 0.25) is 0 Å². The van der Waals surface area contributed by atoms with Gasteiger partial charge in [0.15, 0.2) is 0 Å². The molecule has 0 saturated heterocycles. The Bertz CT molecular complexity index is 928. The lowest BCUT2D eigenvalue weighted by Crippen LogP contribution is -2.15. The number of rotatable bonds is 7. The summed E-state index contributed by atoms with van der Waals surface area (Å²) in [6.45, 7) is 3.92. The van der Waals surface area contributed by atoms with E-state index < -0.39 is 11.9 Å². The number of anilines is 2. The molecule has 0 aromatic heterocycles. The van der Waals surface area contributed by atoms with Gasteiger partial charge in [-0.1, -0.05) is 6.07 Å². The van der Waals surface area contributed by atoms with E-state index in [4.69, 9.17) is 9.47 Å². The molecule has 144 valence electrons. The lowest BCUT2D eigenvalue weighted by molar-refractivity contribution is -0.112. The van der Waals surface area contributed by atoms with E-state index in [1.54, 1.807) is 43.3 Å². The number of hydrogen-bond donors (Lipinski definition) is 2. The maximum absolute atomic E-state index is 12.4. The third-order valence-electron chi connectivity index (χ3n) is 3.75. The van der Waals surface area contributed by atoms with E-state index in [0.717, 1.165) is 5.56 Å². The molecule has 2 N–H and O–H groups in total. The van der Waals surface area contributed by atoms with Crippen molar-refractivity contribution in [3.8, 4) is 11.8 Å². The summed E-state index contributed by atoms with van der Waals surface area (Å²) >= 11 is 0. The van der Waals surface area contributed by atoms with E-state index in [1.807, 2.05) is 19.1 Å². The second-order valence-corrected chi connectivity index (χ2v) is 5.77. The fraction of sp³-hybridized carbons (Fsp3) is 0.190. The molecule has 7 nitrogen and oxygen atoms in total. The van der Waals surface area contributed by atoms with Crippen molar-refractivity contribution in [2.45, 2.75) is 13.8 Å². The highest BCUT2D eigenvalue weighted by Gasteiger charge is 2.13. The van der Waals surface area contributed by atoms with Gasteiger partial charge in [0.25, 0.3) is 5.91 Å². The molecular formula is C21H21N3O4. The lowest BCUT2D eigenvalue weighted by atomic mass is 10.2. The smallest absolute Gasteiger partial charge is 0.338 e. The summed E-state index contributed by atoms with van der Waals surface area (Å²) in [4.78, 5) is 24.0. The minimum atomic E-state index is -0.568. The number of aryl methyl sites for hydroxylation is 1. The second-order valence-electron chi connectivity index (χ2n) is 5.77. The Labute approximate surface area is 163 Å². The molecule has 7 heteroatoms. The zero-order valence-electron chi connectivity index (χ0n) is 15.9. The van der Waals surface area contributed by atoms with Crippen LogP contribution in [-0.2, 0) is 9.53 Å². The maximum atomic E-state index is 12.4. The number of nitrogens with one attached hydrogen (secondary N) is 2. The van der Waals surface area contributed by atoms with E-state index in [0.29, 0.717) is 29.3 Å². The maximum Gasteiger partial charge on any atom is 0.338 e. The summed E-state index contributed by atoms with van der Waals surface area (Å²) in [5.41, 5.74) is 2.34. The van der Waals surface area contributed by atoms with Crippen LogP contribution < -0.4 is 15.4 Å². The van der Waals surface area contributed by atoms with E-state index in [-0.39, 0.29) is 5.57 Å². The first-order valence-electron chi connectivity index (χ1n) is 8.58. The van der Waals surface area contributed by atoms with Crippen LogP contribution in [-0.4, -0.2) is 25.6 Å². The normalized spacial score (nSPS) is 10.6. The number of amides is 1. The highest BCUT2D eigenvalue weighted by Crippen LogP contribution is 2.25. The zero-order valence-corrected chi connectivity index (χ0v) is 15.9. The Morgan fingerprint density at radius 1 is 1.18 bits per heavy atom. The number of nitrogens with zero attached hydrogens (tertiary/aromatic N) is 1. The number of esters is 1. The van der Waals surface area contributed by atoms with Crippen molar-refractivity contribution in [2.75, 3.05) is 24.4 Å². The highest BCUT2D eigenvalue weighted by molar-refractivity contribution is 6.07. The van der Waals surface area contributed by atoms with Crippen molar-refractivity contribution < 1.29 is 19.1 Å². The molecule has 28 heavy (non-hydrogen) atoms. The van der Waals surface area contributed by atoms with Crippen LogP contribution >= 0.6 is 0 Å². The van der Waals surface area contributed by atoms with Gasteiger partial charge in [0, 0.05) is 11.9 Å². The molecule has 2 aromatic rings. The van der Waals surface area contributed by atoms with Gasteiger partial charge < -0.3 is 20.1 Å². The molecule has 0 radical (unpaired) electrons. The van der Waals surface area contributed by atoms with Crippen molar-refractivity contribution >= 4 is 23.3 Å². The molecule has 0 fully saturated rings. The molecule has 0 aliphatic rings. The molecule has 0 atom stereocenters. The first-order valence-corrected chi connectivity index (χ1v) is 8.58. The average molecular weight is 379 g/mol. The number of carbonyl (C=O) groups excluding carboxylic acids is 2. The van der Waals surface area contributed by atoms with Gasteiger partial charge in [-0.2, -0.15) is 5.26 Å². The molecule has 2 aromatic carbocycles. The second kappa shape index (κ2) is 9.78. The summed E-state index contributed by atoms with van der Waals surface area (Å²) < 4.78 is 10.1. The van der Waals surface area contributed by atoms with Gasteiger partial charge >= 0.3 is 5.97 Å². The SMILES string of the molecule is CCOC(=O)c1ccc(N/C=C(/C#N)C(=O)Nc2cc(C)ccc2OC)cc1. The van der Waals surface area contributed by atoms with E-state index in [1.165, 1.54) is 13.3 Å².